The number of hydrogen-bond acceptors (Lipinski definition) is 9. The van der Waals surface area contributed by atoms with Crippen molar-refractivity contribution in [3.63, 3.8) is 0 Å². The Morgan fingerprint density at radius 2 is 0.550 bits per heavy atom. The molecule has 40 heavy (non-hydrogen) atoms. The minimum Gasteiger partial charge on any atom is -0.549 e. The molecule has 0 fully saturated rings. The Bertz CT molecular complexity index is 688. The Morgan fingerprint density at radius 1 is 0.400 bits per heavy atom. The Balaban J connectivity index is -0.000000240. The third-order valence-corrected chi connectivity index (χ3v) is 7.83. The first-order chi connectivity index (χ1) is 18.1. The van der Waals surface area contributed by atoms with E-state index in [4.69, 9.17) is 0 Å². The summed E-state index contributed by atoms with van der Waals surface area (Å²) >= 11 is 0. The van der Waals surface area contributed by atoms with E-state index < -0.39 is 34.2 Å². The van der Waals surface area contributed by atoms with E-state index >= 15 is 0 Å². The number of carbonyl (C=O) groups excluding carboxylic acids is 6. The molecule has 0 radical (unpaired) electrons. The van der Waals surface area contributed by atoms with Crippen LogP contribution in [0.4, 0.5) is 0 Å². The topological polar surface area (TPSA) is 172 Å². The van der Waals surface area contributed by atoms with Crippen LogP contribution in [0.2, 0.25) is 0 Å². The smallest absolute Gasteiger partial charge is 0.549 e. The fraction of sp³-hybridized carbons (Fsp3) is 0.800. The van der Waals surface area contributed by atoms with Gasteiger partial charge in [-0.1, -0.05) is 62.3 Å². The van der Waals surface area contributed by atoms with Crippen molar-refractivity contribution in [3.05, 3.63) is 0 Å². The minimum atomic E-state index is -1.24. The summed E-state index contributed by atoms with van der Waals surface area (Å²) in [6, 6.07) is 0. The maximum atomic E-state index is 11.5. The van der Waals surface area contributed by atoms with Gasteiger partial charge in [-0.2, -0.15) is 0 Å². The second kappa shape index (κ2) is 22.7. The van der Waals surface area contributed by atoms with Gasteiger partial charge in [0, 0.05) is 19.3 Å². The number of rotatable bonds is 18. The van der Waals surface area contributed by atoms with Gasteiger partial charge in [0.05, 0.1) is 34.2 Å². The average molecular weight is 607 g/mol. The van der Waals surface area contributed by atoms with E-state index in [1.165, 1.54) is 0 Å². The van der Waals surface area contributed by atoms with Crippen molar-refractivity contribution >= 4 is 35.3 Å². The molecule has 9 nitrogen and oxygen atoms in total. The van der Waals surface area contributed by atoms with Crippen LogP contribution in [-0.2, 0) is 47.3 Å². The number of ketones is 3. The molecular weight excluding hydrogens is 555 g/mol. The normalized spacial score (nSPS) is 11.0. The number of carboxylic acid groups (broad SMARTS) is 3. The molecule has 0 saturated heterocycles. The van der Waals surface area contributed by atoms with Gasteiger partial charge < -0.3 is 29.7 Å². The van der Waals surface area contributed by atoms with Crippen LogP contribution >= 0.6 is 0 Å². The number of aliphatic carboxylic acids is 3. The zero-order valence-corrected chi connectivity index (χ0v) is 27.5. The first kappa shape index (κ1) is 45.0. The predicted molar refractivity (Wildman–Crippen MR) is 144 cm³/mol. The van der Waals surface area contributed by atoms with Crippen molar-refractivity contribution in [3.8, 4) is 0 Å². The van der Waals surface area contributed by atoms with Crippen LogP contribution < -0.4 is 15.3 Å². The van der Waals surface area contributed by atoms with Gasteiger partial charge in [0.1, 0.15) is 17.3 Å². The zero-order valence-electron chi connectivity index (χ0n) is 26.1. The summed E-state index contributed by atoms with van der Waals surface area (Å²) in [6.45, 7) is 15.9. The Labute approximate surface area is 253 Å². The summed E-state index contributed by atoms with van der Waals surface area (Å²) in [5.74, 6) is -4.26. The summed E-state index contributed by atoms with van der Waals surface area (Å²) in [7, 11) is 0. The van der Waals surface area contributed by atoms with E-state index in [9.17, 15) is 44.1 Å². The van der Waals surface area contributed by atoms with Crippen LogP contribution in [0.1, 0.15) is 139 Å². The summed E-state index contributed by atoms with van der Waals surface area (Å²) in [6.07, 6.45) is 5.00. The van der Waals surface area contributed by atoms with Gasteiger partial charge in [0.2, 0.25) is 0 Å². The SMILES string of the molecule is CCCC(=O)C(CC)(CC)C(=O)[O-].CCCC(=O)C(CC)(CC)C(=O)[O-].CCCC(=O)C(CC)(CC)C(=O)[O-].[V+3]. The molecule has 0 bridgehead atoms. The minimum absolute atomic E-state index is 0. The van der Waals surface area contributed by atoms with Gasteiger partial charge in [0.15, 0.2) is 0 Å². The van der Waals surface area contributed by atoms with Gasteiger partial charge >= 0.3 is 18.6 Å². The maximum Gasteiger partial charge on any atom is 3.00 e. The molecule has 0 unspecified atom stereocenters. The number of Topliss-reactive ketones (excluding diaryl/α,β-unsaturated/α-hetero) is 3. The molecule has 0 aromatic rings. The molecule has 0 spiro atoms. The van der Waals surface area contributed by atoms with E-state index in [1.807, 2.05) is 20.8 Å². The monoisotopic (exact) mass is 606 g/mol. The third kappa shape index (κ3) is 11.9. The molecule has 0 N–H and O–H groups in total. The number of carboxylic acids is 3. The first-order valence-electron chi connectivity index (χ1n) is 14.4. The third-order valence-electron chi connectivity index (χ3n) is 7.83. The average Bonchev–Trinajstić information content (AvgIpc) is 2.88. The second-order valence-corrected chi connectivity index (χ2v) is 9.75. The van der Waals surface area contributed by atoms with Crippen molar-refractivity contribution in [2.24, 2.45) is 16.2 Å². The van der Waals surface area contributed by atoms with Crippen molar-refractivity contribution in [2.75, 3.05) is 0 Å². The summed E-state index contributed by atoms with van der Waals surface area (Å²) in [5, 5.41) is 32.6. The molecule has 0 saturated carbocycles. The fourth-order valence-corrected chi connectivity index (χ4v) is 4.54. The van der Waals surface area contributed by atoms with E-state index in [-0.39, 0.29) is 35.9 Å². The summed E-state index contributed by atoms with van der Waals surface area (Å²) in [5.41, 5.74) is -3.72. The van der Waals surface area contributed by atoms with Gasteiger partial charge in [-0.25, -0.2) is 0 Å². The fourth-order valence-electron chi connectivity index (χ4n) is 4.54. The molecule has 0 aliphatic heterocycles. The van der Waals surface area contributed by atoms with Crippen molar-refractivity contribution in [2.45, 2.75) is 139 Å². The molecule has 0 aromatic carbocycles. The van der Waals surface area contributed by atoms with Crippen molar-refractivity contribution in [1.29, 1.82) is 0 Å². The molecular formula is C30H51O9V. The molecule has 0 amide bonds. The van der Waals surface area contributed by atoms with Crippen LogP contribution in [0.25, 0.3) is 0 Å². The molecule has 0 aliphatic rings. The largest absolute Gasteiger partial charge is 3.00 e. The van der Waals surface area contributed by atoms with E-state index in [0.717, 1.165) is 0 Å². The molecule has 10 heteroatoms. The van der Waals surface area contributed by atoms with Crippen LogP contribution in [0.3, 0.4) is 0 Å². The van der Waals surface area contributed by atoms with Gasteiger partial charge in [0.25, 0.3) is 0 Å². The predicted octanol–water partition coefficient (Wildman–Crippen LogP) is 2.73. The van der Waals surface area contributed by atoms with Crippen molar-refractivity contribution in [1.82, 2.24) is 0 Å². The van der Waals surface area contributed by atoms with E-state index in [0.29, 0.717) is 77.0 Å². The van der Waals surface area contributed by atoms with Crippen LogP contribution in [0, 0.1) is 16.2 Å². The Morgan fingerprint density at radius 3 is 0.625 bits per heavy atom. The van der Waals surface area contributed by atoms with Crippen LogP contribution in [0.5, 0.6) is 0 Å². The van der Waals surface area contributed by atoms with Gasteiger partial charge in [-0.3, -0.25) is 14.4 Å². The zero-order chi connectivity index (χ0) is 31.4. The molecule has 0 heterocycles. The van der Waals surface area contributed by atoms with Crippen LogP contribution in [0.15, 0.2) is 0 Å². The van der Waals surface area contributed by atoms with Gasteiger partial charge in [-0.15, -0.1) is 0 Å². The van der Waals surface area contributed by atoms with E-state index in [1.54, 1.807) is 41.5 Å². The number of carbonyl (C=O) groups is 6. The van der Waals surface area contributed by atoms with E-state index in [2.05, 4.69) is 0 Å². The molecule has 230 valence electrons. The van der Waals surface area contributed by atoms with Gasteiger partial charge in [-0.05, 0) is 57.8 Å². The first-order valence-corrected chi connectivity index (χ1v) is 14.4. The Hall–Kier alpha value is -2.00. The quantitative estimate of drug-likeness (QED) is 0.213. The molecule has 0 aromatic heterocycles. The standard InChI is InChI=1S/3C10H18O3.V/c3*1-4-7-8(11)10(5-2,6-3)9(12)13;/h3*4-7H2,1-3H3,(H,12,13);/q;;;+3/p-3. The summed E-state index contributed by atoms with van der Waals surface area (Å²) in [4.78, 5) is 67.2. The maximum absolute atomic E-state index is 11.5. The molecule has 0 atom stereocenters. The number of hydrogen-bond donors (Lipinski definition) is 0. The molecule has 0 rings (SSSR count). The summed E-state index contributed by atoms with van der Waals surface area (Å²) < 4.78 is 0. The molecule has 0 aliphatic carbocycles. The van der Waals surface area contributed by atoms with Crippen LogP contribution in [-0.4, -0.2) is 35.3 Å². The Kier molecular flexibility index (Phi) is 25.5. The second-order valence-electron chi connectivity index (χ2n) is 9.75. The van der Waals surface area contributed by atoms with Crippen molar-refractivity contribution < 1.29 is 62.6 Å².